The predicted molar refractivity (Wildman–Crippen MR) is 101 cm³/mol. The van der Waals surface area contributed by atoms with Crippen LogP contribution >= 0.6 is 15.9 Å². The largest absolute Gasteiger partial charge is 0.368 e. The van der Waals surface area contributed by atoms with Gasteiger partial charge in [0.1, 0.15) is 6.10 Å². The van der Waals surface area contributed by atoms with Crippen molar-refractivity contribution in [2.45, 2.75) is 25.9 Å². The van der Waals surface area contributed by atoms with Crippen LogP contribution in [0.25, 0.3) is 0 Å². The second-order valence-corrected chi connectivity index (χ2v) is 6.84. The van der Waals surface area contributed by atoms with E-state index in [1.807, 2.05) is 25.1 Å². The molecule has 0 bridgehead atoms. The summed E-state index contributed by atoms with van der Waals surface area (Å²) in [7, 11) is 0. The quantitative estimate of drug-likeness (QED) is 0.807. The van der Waals surface area contributed by atoms with Crippen molar-refractivity contribution in [3.05, 3.63) is 58.1 Å². The van der Waals surface area contributed by atoms with Gasteiger partial charge in [-0.15, -0.1) is 0 Å². The van der Waals surface area contributed by atoms with E-state index >= 15 is 0 Å². The molecular formula is C19H19BrN2O3. The fourth-order valence-electron chi connectivity index (χ4n) is 2.64. The third kappa shape index (κ3) is 4.46. The molecule has 6 heteroatoms. The molecule has 2 aromatic rings. The summed E-state index contributed by atoms with van der Waals surface area (Å²) in [5.74, 6) is -0.334. The Bertz CT molecular complexity index is 784. The summed E-state index contributed by atoms with van der Waals surface area (Å²) >= 11 is 3.44. The highest BCUT2D eigenvalue weighted by Crippen LogP contribution is 2.21. The molecule has 0 aliphatic carbocycles. The summed E-state index contributed by atoms with van der Waals surface area (Å²) in [6.45, 7) is 2.60. The van der Waals surface area contributed by atoms with E-state index in [1.54, 1.807) is 24.3 Å². The molecule has 0 aromatic heterocycles. The van der Waals surface area contributed by atoms with Crippen LogP contribution in [0.2, 0.25) is 0 Å². The summed E-state index contributed by atoms with van der Waals surface area (Å²) in [5, 5.41) is 5.68. The van der Waals surface area contributed by atoms with Gasteiger partial charge in [0.15, 0.2) is 0 Å². The van der Waals surface area contributed by atoms with Crippen LogP contribution in [0, 0.1) is 6.92 Å². The molecule has 1 heterocycles. The minimum Gasteiger partial charge on any atom is -0.368 e. The number of halogens is 1. The zero-order chi connectivity index (χ0) is 17.8. The number of hydrogen-bond acceptors (Lipinski definition) is 3. The number of hydrogen-bond donors (Lipinski definition) is 2. The van der Waals surface area contributed by atoms with Crippen LogP contribution < -0.4 is 10.6 Å². The minimum absolute atomic E-state index is 0.139. The van der Waals surface area contributed by atoms with E-state index in [9.17, 15) is 9.59 Å². The minimum atomic E-state index is -0.372. The first kappa shape index (κ1) is 17.6. The Hall–Kier alpha value is -2.18. The number of rotatable bonds is 4. The zero-order valence-electron chi connectivity index (χ0n) is 13.8. The third-order valence-electron chi connectivity index (χ3n) is 4.05. The van der Waals surface area contributed by atoms with Crippen molar-refractivity contribution >= 4 is 39.1 Å². The maximum absolute atomic E-state index is 12.3. The number of ether oxygens (including phenoxy) is 1. The summed E-state index contributed by atoms with van der Waals surface area (Å²) < 4.78 is 6.35. The lowest BCUT2D eigenvalue weighted by molar-refractivity contribution is -0.124. The lowest BCUT2D eigenvalue weighted by Crippen LogP contribution is -2.26. The van der Waals surface area contributed by atoms with Crippen molar-refractivity contribution in [2.24, 2.45) is 0 Å². The van der Waals surface area contributed by atoms with E-state index in [4.69, 9.17) is 4.74 Å². The van der Waals surface area contributed by atoms with Gasteiger partial charge in [0.25, 0.3) is 11.8 Å². The second kappa shape index (κ2) is 7.80. The van der Waals surface area contributed by atoms with Gasteiger partial charge in [-0.05, 0) is 67.8 Å². The Morgan fingerprint density at radius 1 is 1.08 bits per heavy atom. The highest BCUT2D eigenvalue weighted by Gasteiger charge is 2.23. The van der Waals surface area contributed by atoms with Gasteiger partial charge in [0, 0.05) is 28.0 Å². The molecule has 2 N–H and O–H groups in total. The Morgan fingerprint density at radius 2 is 1.80 bits per heavy atom. The van der Waals surface area contributed by atoms with Gasteiger partial charge in [-0.25, -0.2) is 0 Å². The fourth-order valence-corrected chi connectivity index (χ4v) is 2.88. The molecule has 130 valence electrons. The molecule has 25 heavy (non-hydrogen) atoms. The maximum Gasteiger partial charge on any atom is 0.255 e. The summed E-state index contributed by atoms with van der Waals surface area (Å²) in [4.78, 5) is 24.3. The SMILES string of the molecule is Cc1cc(NC(=O)c2ccc(NC(=O)[C@H]3CCCO3)cc2)ccc1Br. The van der Waals surface area contributed by atoms with Crippen LogP contribution in [-0.4, -0.2) is 24.5 Å². The number of carbonyl (C=O) groups is 2. The molecule has 1 aliphatic rings. The van der Waals surface area contributed by atoms with Crippen molar-refractivity contribution in [3.63, 3.8) is 0 Å². The van der Waals surface area contributed by atoms with Crippen molar-refractivity contribution in [2.75, 3.05) is 17.2 Å². The van der Waals surface area contributed by atoms with Gasteiger partial charge < -0.3 is 15.4 Å². The zero-order valence-corrected chi connectivity index (χ0v) is 15.4. The van der Waals surface area contributed by atoms with Crippen molar-refractivity contribution < 1.29 is 14.3 Å². The van der Waals surface area contributed by atoms with Crippen LogP contribution in [0.1, 0.15) is 28.8 Å². The number of nitrogens with one attached hydrogen (secondary N) is 2. The first-order valence-electron chi connectivity index (χ1n) is 8.13. The van der Waals surface area contributed by atoms with Crippen molar-refractivity contribution in [1.29, 1.82) is 0 Å². The molecule has 0 saturated carbocycles. The molecule has 1 atom stereocenters. The number of aryl methyl sites for hydroxylation is 1. The van der Waals surface area contributed by atoms with Crippen LogP contribution in [-0.2, 0) is 9.53 Å². The number of amides is 2. The number of carbonyl (C=O) groups excluding carboxylic acids is 2. The van der Waals surface area contributed by atoms with Crippen LogP contribution in [0.15, 0.2) is 46.9 Å². The molecule has 0 unspecified atom stereocenters. The van der Waals surface area contributed by atoms with E-state index in [0.29, 0.717) is 17.9 Å². The molecule has 2 aromatic carbocycles. The predicted octanol–water partition coefficient (Wildman–Crippen LogP) is 4.13. The molecule has 1 saturated heterocycles. The van der Waals surface area contributed by atoms with Crippen LogP contribution in [0.5, 0.6) is 0 Å². The second-order valence-electron chi connectivity index (χ2n) is 5.99. The topological polar surface area (TPSA) is 67.4 Å². The fraction of sp³-hybridized carbons (Fsp3) is 0.263. The Labute approximate surface area is 154 Å². The standard InChI is InChI=1S/C19H19BrN2O3/c1-12-11-15(8-9-16(12)20)22-18(23)13-4-6-14(7-5-13)21-19(24)17-3-2-10-25-17/h4-9,11,17H,2-3,10H2,1H3,(H,21,24)(H,22,23)/t17-/m1/s1. The van der Waals surface area contributed by atoms with Crippen molar-refractivity contribution in [1.82, 2.24) is 0 Å². The molecular weight excluding hydrogens is 384 g/mol. The lowest BCUT2D eigenvalue weighted by Gasteiger charge is -2.11. The van der Waals surface area contributed by atoms with E-state index in [-0.39, 0.29) is 17.9 Å². The Balaban J connectivity index is 1.61. The average molecular weight is 403 g/mol. The summed E-state index contributed by atoms with van der Waals surface area (Å²) in [6, 6.07) is 12.4. The normalized spacial score (nSPS) is 16.5. The van der Waals surface area contributed by atoms with Gasteiger partial charge in [-0.1, -0.05) is 15.9 Å². The summed E-state index contributed by atoms with van der Waals surface area (Å²) in [5.41, 5.74) is 2.96. The smallest absolute Gasteiger partial charge is 0.255 e. The Morgan fingerprint density at radius 3 is 2.44 bits per heavy atom. The monoisotopic (exact) mass is 402 g/mol. The molecule has 1 fully saturated rings. The lowest BCUT2D eigenvalue weighted by atomic mass is 10.1. The maximum atomic E-state index is 12.3. The van der Waals surface area contributed by atoms with Gasteiger partial charge in [0.2, 0.25) is 0 Å². The van der Waals surface area contributed by atoms with E-state index in [1.165, 1.54) is 0 Å². The molecule has 3 rings (SSSR count). The van der Waals surface area contributed by atoms with Crippen molar-refractivity contribution in [3.8, 4) is 0 Å². The van der Waals surface area contributed by atoms with E-state index in [2.05, 4.69) is 26.6 Å². The molecule has 0 radical (unpaired) electrons. The van der Waals surface area contributed by atoms with E-state index < -0.39 is 0 Å². The van der Waals surface area contributed by atoms with Gasteiger partial charge in [-0.3, -0.25) is 9.59 Å². The molecule has 5 nitrogen and oxygen atoms in total. The van der Waals surface area contributed by atoms with Crippen LogP contribution in [0.4, 0.5) is 11.4 Å². The third-order valence-corrected chi connectivity index (χ3v) is 4.94. The molecule has 1 aliphatic heterocycles. The molecule has 0 spiro atoms. The van der Waals surface area contributed by atoms with Crippen LogP contribution in [0.3, 0.4) is 0 Å². The highest BCUT2D eigenvalue weighted by atomic mass is 79.9. The number of benzene rings is 2. The number of anilines is 2. The summed E-state index contributed by atoms with van der Waals surface area (Å²) in [6.07, 6.45) is 1.29. The first-order valence-corrected chi connectivity index (χ1v) is 8.92. The average Bonchev–Trinajstić information content (AvgIpc) is 3.13. The molecule has 2 amide bonds. The van der Waals surface area contributed by atoms with Gasteiger partial charge >= 0.3 is 0 Å². The van der Waals surface area contributed by atoms with Gasteiger partial charge in [0.05, 0.1) is 0 Å². The Kier molecular flexibility index (Phi) is 5.50. The van der Waals surface area contributed by atoms with E-state index in [0.717, 1.165) is 28.6 Å². The van der Waals surface area contributed by atoms with Gasteiger partial charge in [-0.2, -0.15) is 0 Å². The highest BCUT2D eigenvalue weighted by molar-refractivity contribution is 9.10. The first-order chi connectivity index (χ1) is 12.0.